The van der Waals surface area contributed by atoms with Crippen LogP contribution in [0.2, 0.25) is 0 Å². The third kappa shape index (κ3) is 4.68. The molecule has 0 aliphatic rings. The number of hydrogen-bond donors (Lipinski definition) is 0. The molecule has 0 heterocycles. The van der Waals surface area contributed by atoms with E-state index in [0.29, 0.717) is 24.3 Å². The van der Waals surface area contributed by atoms with Crippen molar-refractivity contribution in [3.63, 3.8) is 0 Å². The second-order valence-corrected chi connectivity index (χ2v) is 4.57. The summed E-state index contributed by atoms with van der Waals surface area (Å²) >= 11 is 0. The molecule has 0 spiro atoms. The zero-order chi connectivity index (χ0) is 15.0. The average molecular weight is 278 g/mol. The summed E-state index contributed by atoms with van der Waals surface area (Å²) in [4.78, 5) is 23.7. The minimum Gasteiger partial charge on any atom is -0.465 e. The van der Waals surface area contributed by atoms with Crippen molar-refractivity contribution in [2.75, 3.05) is 13.2 Å². The Balaban J connectivity index is 2.82. The van der Waals surface area contributed by atoms with Gasteiger partial charge in [-0.05, 0) is 37.5 Å². The van der Waals surface area contributed by atoms with Crippen LogP contribution < -0.4 is 0 Å². The Morgan fingerprint density at radius 3 is 2.55 bits per heavy atom. The lowest BCUT2D eigenvalue weighted by atomic mass is 9.99. The molecule has 0 bridgehead atoms. The van der Waals surface area contributed by atoms with Gasteiger partial charge in [0, 0.05) is 0 Å². The van der Waals surface area contributed by atoms with Gasteiger partial charge in [-0.2, -0.15) is 0 Å². The van der Waals surface area contributed by atoms with Gasteiger partial charge in [-0.25, -0.2) is 4.79 Å². The van der Waals surface area contributed by atoms with E-state index < -0.39 is 5.97 Å². The highest BCUT2D eigenvalue weighted by atomic mass is 16.5. The summed E-state index contributed by atoms with van der Waals surface area (Å²) < 4.78 is 10.2. The molecule has 1 rings (SSSR count). The van der Waals surface area contributed by atoms with Crippen LogP contribution >= 0.6 is 0 Å². The smallest absolute Gasteiger partial charge is 0.338 e. The number of hydrogen-bond acceptors (Lipinski definition) is 4. The van der Waals surface area contributed by atoms with Crippen molar-refractivity contribution < 1.29 is 19.1 Å². The van der Waals surface area contributed by atoms with Gasteiger partial charge in [-0.1, -0.05) is 25.5 Å². The first-order chi connectivity index (χ1) is 9.60. The third-order valence-corrected chi connectivity index (χ3v) is 2.99. The van der Waals surface area contributed by atoms with Crippen LogP contribution in [-0.2, 0) is 20.7 Å². The fraction of sp³-hybridized carbons (Fsp3) is 0.500. The second kappa shape index (κ2) is 8.35. The van der Waals surface area contributed by atoms with Crippen LogP contribution in [0.15, 0.2) is 18.2 Å². The number of rotatable bonds is 7. The monoisotopic (exact) mass is 278 g/mol. The quantitative estimate of drug-likeness (QED) is 0.568. The summed E-state index contributed by atoms with van der Waals surface area (Å²) in [5.41, 5.74) is 2.02. The molecule has 0 aliphatic heterocycles. The molecule has 0 atom stereocenters. The summed E-state index contributed by atoms with van der Waals surface area (Å²) in [5.74, 6) is -0.703. The Morgan fingerprint density at radius 2 is 1.90 bits per heavy atom. The molecule has 110 valence electrons. The SMILES string of the molecule is CCCCOC(=O)Cc1c(C)cccc1C(=O)OCC. The maximum atomic E-state index is 11.9. The van der Waals surface area contributed by atoms with Crippen LogP contribution in [-0.4, -0.2) is 25.2 Å². The largest absolute Gasteiger partial charge is 0.465 e. The van der Waals surface area contributed by atoms with Gasteiger partial charge in [-0.3, -0.25) is 4.79 Å². The van der Waals surface area contributed by atoms with Crippen LogP contribution in [0.25, 0.3) is 0 Å². The Labute approximate surface area is 120 Å². The van der Waals surface area contributed by atoms with Gasteiger partial charge >= 0.3 is 11.9 Å². The topological polar surface area (TPSA) is 52.6 Å². The fourth-order valence-electron chi connectivity index (χ4n) is 1.86. The molecular formula is C16H22O4. The summed E-state index contributed by atoms with van der Waals surface area (Å²) in [7, 11) is 0. The minimum absolute atomic E-state index is 0.102. The number of unbranched alkanes of at least 4 members (excludes halogenated alkanes) is 1. The van der Waals surface area contributed by atoms with Gasteiger partial charge in [0.05, 0.1) is 25.2 Å². The molecule has 4 heteroatoms. The van der Waals surface area contributed by atoms with E-state index in [4.69, 9.17) is 9.47 Å². The van der Waals surface area contributed by atoms with E-state index in [-0.39, 0.29) is 12.4 Å². The molecule has 0 saturated heterocycles. The molecule has 0 radical (unpaired) electrons. The maximum Gasteiger partial charge on any atom is 0.338 e. The number of esters is 2. The van der Waals surface area contributed by atoms with Crippen LogP contribution in [0.4, 0.5) is 0 Å². The molecule has 0 unspecified atom stereocenters. The van der Waals surface area contributed by atoms with E-state index in [1.807, 2.05) is 19.9 Å². The zero-order valence-electron chi connectivity index (χ0n) is 12.4. The van der Waals surface area contributed by atoms with Crippen molar-refractivity contribution in [2.45, 2.75) is 40.0 Å². The predicted molar refractivity (Wildman–Crippen MR) is 76.7 cm³/mol. The van der Waals surface area contributed by atoms with Crippen molar-refractivity contribution in [2.24, 2.45) is 0 Å². The van der Waals surface area contributed by atoms with Gasteiger partial charge in [0.25, 0.3) is 0 Å². The number of ether oxygens (including phenoxy) is 2. The van der Waals surface area contributed by atoms with E-state index in [2.05, 4.69) is 0 Å². The van der Waals surface area contributed by atoms with E-state index in [0.717, 1.165) is 18.4 Å². The molecular weight excluding hydrogens is 256 g/mol. The van der Waals surface area contributed by atoms with Crippen LogP contribution in [0.1, 0.15) is 48.2 Å². The van der Waals surface area contributed by atoms with E-state index >= 15 is 0 Å². The van der Waals surface area contributed by atoms with Crippen LogP contribution in [0.5, 0.6) is 0 Å². The lowest BCUT2D eigenvalue weighted by Gasteiger charge is -2.11. The first-order valence-corrected chi connectivity index (χ1v) is 7.01. The second-order valence-electron chi connectivity index (χ2n) is 4.57. The highest BCUT2D eigenvalue weighted by Crippen LogP contribution is 2.17. The zero-order valence-corrected chi connectivity index (χ0v) is 12.4. The van der Waals surface area contributed by atoms with Crippen LogP contribution in [0.3, 0.4) is 0 Å². The van der Waals surface area contributed by atoms with E-state index in [1.54, 1.807) is 19.1 Å². The predicted octanol–water partition coefficient (Wildman–Crippen LogP) is 3.06. The molecule has 0 aromatic heterocycles. The van der Waals surface area contributed by atoms with Gasteiger partial charge in [0.1, 0.15) is 0 Å². The van der Waals surface area contributed by atoms with Crippen molar-refractivity contribution in [3.8, 4) is 0 Å². The van der Waals surface area contributed by atoms with Gasteiger partial charge < -0.3 is 9.47 Å². The summed E-state index contributed by atoms with van der Waals surface area (Å²) in [6.07, 6.45) is 1.93. The summed E-state index contributed by atoms with van der Waals surface area (Å²) in [6, 6.07) is 5.34. The first kappa shape index (κ1) is 16.2. The summed E-state index contributed by atoms with van der Waals surface area (Å²) in [5, 5.41) is 0. The van der Waals surface area contributed by atoms with Crippen molar-refractivity contribution in [1.82, 2.24) is 0 Å². The lowest BCUT2D eigenvalue weighted by Crippen LogP contribution is -2.15. The van der Waals surface area contributed by atoms with Crippen molar-refractivity contribution in [1.29, 1.82) is 0 Å². The number of carbonyl (C=O) groups excluding carboxylic acids is 2. The third-order valence-electron chi connectivity index (χ3n) is 2.99. The number of benzene rings is 1. The molecule has 0 saturated carbocycles. The van der Waals surface area contributed by atoms with E-state index in [1.165, 1.54) is 0 Å². The lowest BCUT2D eigenvalue weighted by molar-refractivity contribution is -0.142. The Bertz CT molecular complexity index is 466. The van der Waals surface area contributed by atoms with Crippen LogP contribution in [0, 0.1) is 6.92 Å². The highest BCUT2D eigenvalue weighted by molar-refractivity contribution is 5.93. The standard InChI is InChI=1S/C16H22O4/c1-4-6-10-20-15(17)11-14-12(3)8-7-9-13(14)16(18)19-5-2/h7-9H,4-6,10-11H2,1-3H3. The average Bonchev–Trinajstić information content (AvgIpc) is 2.41. The molecule has 1 aromatic rings. The highest BCUT2D eigenvalue weighted by Gasteiger charge is 2.17. The Hall–Kier alpha value is -1.84. The Morgan fingerprint density at radius 1 is 1.15 bits per heavy atom. The first-order valence-electron chi connectivity index (χ1n) is 7.01. The van der Waals surface area contributed by atoms with Gasteiger partial charge in [-0.15, -0.1) is 0 Å². The minimum atomic E-state index is -0.396. The number of carbonyl (C=O) groups is 2. The molecule has 0 fully saturated rings. The molecule has 4 nitrogen and oxygen atoms in total. The Kier molecular flexibility index (Phi) is 6.77. The number of aryl methyl sites for hydroxylation is 1. The summed E-state index contributed by atoms with van der Waals surface area (Å²) in [6.45, 7) is 6.40. The molecule has 1 aromatic carbocycles. The molecule has 0 aliphatic carbocycles. The molecule has 0 amide bonds. The molecule has 20 heavy (non-hydrogen) atoms. The van der Waals surface area contributed by atoms with Crippen molar-refractivity contribution >= 4 is 11.9 Å². The van der Waals surface area contributed by atoms with E-state index in [9.17, 15) is 9.59 Å². The van der Waals surface area contributed by atoms with Gasteiger partial charge in [0.15, 0.2) is 0 Å². The maximum absolute atomic E-state index is 11.9. The molecule has 0 N–H and O–H groups in total. The van der Waals surface area contributed by atoms with Crippen molar-refractivity contribution in [3.05, 3.63) is 34.9 Å². The van der Waals surface area contributed by atoms with Gasteiger partial charge in [0.2, 0.25) is 0 Å². The normalized spacial score (nSPS) is 10.2. The fourth-order valence-corrected chi connectivity index (χ4v) is 1.86.